The molecular weight excluding hydrogens is 1720 g/mol. The van der Waals surface area contributed by atoms with Gasteiger partial charge in [-0.25, -0.2) is 40.9 Å². The summed E-state index contributed by atoms with van der Waals surface area (Å²) in [6, 6.07) is 108. The smallest absolute Gasteiger partial charge is 0.187 e. The molecule has 20 aromatic carbocycles. The number of rotatable bonds is 14. The van der Waals surface area contributed by atoms with Crippen LogP contribution < -0.4 is 15.1 Å². The van der Waals surface area contributed by atoms with E-state index in [0.717, 1.165) is 52.7 Å². The quantitative estimate of drug-likeness (QED) is 0.0661. The van der Waals surface area contributed by atoms with Crippen LogP contribution >= 0.6 is 31.9 Å². The lowest BCUT2D eigenvalue weighted by Gasteiger charge is -2.30. The molecule has 0 saturated heterocycles. The summed E-state index contributed by atoms with van der Waals surface area (Å²) in [4.78, 5) is 13.6. The second kappa shape index (κ2) is 34.7. The van der Waals surface area contributed by atoms with Gasteiger partial charge in [-0.05, 0) is 254 Å². The molecule has 0 radical (unpaired) electrons. The predicted molar refractivity (Wildman–Crippen MR) is 507 cm³/mol. The molecule has 0 aliphatic rings. The highest BCUT2D eigenvalue weighted by Crippen LogP contribution is 2.52. The number of hydrogen-bond acceptors (Lipinski definition) is 6. The SMILES string of the molecule is Brc1ccc2ccc3c(Br)ccc4ccc1c2c43.[C-]#[N+]c1ccc(-c2ccc(F)c(N(c3cc(-c4ccc(C#N)cc4)ccc3F)c3ccc4ccc5c(N(c6cc(-c7ccc(C#N)cc7)ccc6F)c6cc(-c7ccc([N+]#[C-])cc7)ccc6F)ccc6ccc3c4c65)c2)cc1.[C-]#[N+]c1ccc(-c2ccc(F)c(Nc3cc(-c4ccc(C#N)cc4)ccc3F)c2)cc1. The van der Waals surface area contributed by atoms with Crippen LogP contribution in [0.3, 0.4) is 0 Å². The van der Waals surface area contributed by atoms with Crippen molar-refractivity contribution >= 4 is 159 Å². The van der Waals surface area contributed by atoms with Crippen LogP contribution in [-0.4, -0.2) is 0 Å². The third kappa shape index (κ3) is 15.9. The zero-order valence-electron chi connectivity index (χ0n) is 66.6. The van der Waals surface area contributed by atoms with Gasteiger partial charge in [-0.15, -0.1) is 0 Å². The van der Waals surface area contributed by atoms with Crippen molar-refractivity contribution < 1.29 is 26.3 Å². The molecule has 20 aromatic rings. The first-order valence-corrected chi connectivity index (χ1v) is 41.3. The van der Waals surface area contributed by atoms with E-state index in [-0.39, 0.29) is 34.1 Å². The van der Waals surface area contributed by atoms with Crippen LogP contribution in [0.5, 0.6) is 0 Å². The fraction of sp³-hybridized carbons (Fsp3) is 0. The number of benzene rings is 20. The van der Waals surface area contributed by atoms with E-state index in [1.807, 2.05) is 48.5 Å². The van der Waals surface area contributed by atoms with Crippen molar-refractivity contribution in [3.8, 4) is 85.0 Å². The van der Waals surface area contributed by atoms with Crippen LogP contribution in [0.15, 0.2) is 361 Å². The van der Waals surface area contributed by atoms with Crippen molar-refractivity contribution in [2.45, 2.75) is 0 Å². The molecule has 0 fully saturated rings. The highest BCUT2D eigenvalue weighted by Gasteiger charge is 2.29. The summed E-state index contributed by atoms with van der Waals surface area (Å²) in [6.45, 7) is 22.0. The molecular formula is C110H59Br2F6N9. The molecule has 0 unspecified atom stereocenters. The van der Waals surface area contributed by atoms with Gasteiger partial charge in [0.2, 0.25) is 0 Å². The second-order valence-corrected chi connectivity index (χ2v) is 31.7. The third-order valence-corrected chi connectivity index (χ3v) is 24.0. The number of anilines is 8. The monoisotopic (exact) mass is 1780 g/mol. The lowest BCUT2D eigenvalue weighted by Crippen LogP contribution is -2.15. The van der Waals surface area contributed by atoms with Gasteiger partial charge in [0.25, 0.3) is 0 Å². The minimum atomic E-state index is -0.640. The van der Waals surface area contributed by atoms with Crippen molar-refractivity contribution in [1.82, 2.24) is 0 Å². The van der Waals surface area contributed by atoms with Crippen LogP contribution in [-0.2, 0) is 0 Å². The van der Waals surface area contributed by atoms with Crippen LogP contribution in [0.1, 0.15) is 16.7 Å². The van der Waals surface area contributed by atoms with Gasteiger partial charge in [-0.1, -0.05) is 250 Å². The van der Waals surface area contributed by atoms with E-state index >= 15 is 17.6 Å². The fourth-order valence-corrected chi connectivity index (χ4v) is 17.2. The average Bonchev–Trinajstić information content (AvgIpc) is 0.721. The van der Waals surface area contributed by atoms with E-state index in [2.05, 4.69) is 118 Å². The first-order chi connectivity index (χ1) is 61.9. The van der Waals surface area contributed by atoms with Crippen LogP contribution in [0.2, 0.25) is 0 Å². The predicted octanol–water partition coefficient (Wildman–Crippen LogP) is 33.2. The summed E-state index contributed by atoms with van der Waals surface area (Å²) >= 11 is 7.30. The van der Waals surface area contributed by atoms with Crippen molar-refractivity contribution in [3.05, 3.63) is 447 Å². The van der Waals surface area contributed by atoms with Gasteiger partial charge < -0.3 is 15.1 Å². The molecule has 1 N–H and O–H groups in total. The average molecular weight is 1780 g/mol. The highest BCUT2D eigenvalue weighted by molar-refractivity contribution is 9.11. The number of halogens is 8. The molecule has 127 heavy (non-hydrogen) atoms. The first kappa shape index (κ1) is 81.4. The van der Waals surface area contributed by atoms with E-state index in [4.69, 9.17) is 25.0 Å². The Bertz CT molecular complexity index is 7340. The van der Waals surface area contributed by atoms with Crippen molar-refractivity contribution in [1.29, 1.82) is 15.8 Å². The molecule has 20 rings (SSSR count). The Morgan fingerprint density at radius 3 is 0.724 bits per heavy atom. The van der Waals surface area contributed by atoms with Crippen LogP contribution in [0.25, 0.3) is 146 Å². The summed E-state index contributed by atoms with van der Waals surface area (Å²) in [5.74, 6) is -3.58. The van der Waals surface area contributed by atoms with Gasteiger partial charge in [-0.2, -0.15) is 15.8 Å². The normalized spacial score (nSPS) is 10.9. The molecule has 0 bridgehead atoms. The molecule has 17 heteroatoms. The lowest BCUT2D eigenvalue weighted by atomic mass is 9.91. The Balaban J connectivity index is 0.000000179. The molecule has 0 spiro atoms. The maximum Gasteiger partial charge on any atom is 0.187 e. The Kier molecular flexibility index (Phi) is 22.2. The maximum atomic E-state index is 17.0. The minimum absolute atomic E-state index is 0.0369. The first-order valence-electron chi connectivity index (χ1n) is 39.8. The number of hydrogen-bond donors (Lipinski definition) is 1. The molecule has 0 heterocycles. The zero-order valence-corrected chi connectivity index (χ0v) is 69.8. The zero-order chi connectivity index (χ0) is 87.7. The van der Waals surface area contributed by atoms with Gasteiger partial charge in [0.05, 0.1) is 100 Å². The molecule has 0 amide bonds. The topological polar surface area (TPSA) is 103 Å². The van der Waals surface area contributed by atoms with Crippen molar-refractivity contribution in [3.63, 3.8) is 0 Å². The van der Waals surface area contributed by atoms with Crippen molar-refractivity contribution in [2.24, 2.45) is 0 Å². The Morgan fingerprint density at radius 2 is 0.457 bits per heavy atom. The summed E-state index contributed by atoms with van der Waals surface area (Å²) in [5.41, 5.74) is 12.5. The van der Waals surface area contributed by atoms with Gasteiger partial charge in [-0.3, -0.25) is 0 Å². The largest absolute Gasteiger partial charge is 0.351 e. The molecule has 0 aliphatic carbocycles. The maximum absolute atomic E-state index is 17.0. The number of nitrogens with zero attached hydrogens (tertiary/aromatic N) is 8. The minimum Gasteiger partial charge on any atom is -0.351 e. The third-order valence-electron chi connectivity index (χ3n) is 22.6. The molecule has 600 valence electrons. The standard InChI is InChI=1S/C68H36F4N6.C26H15F2N3.C16H8Br2/c1-75-53-23-11-45(12-24-53)51-19-31-59(71)65(37-51)77(63-35-49(17-29-57(63)69)43-7-3-41(39-73)4-8-43)61-33-21-47-16-28-56-62(34-22-48-15-27-55(61)67(47)68(48)56)78(64-36-50(18-30-58(64)70)44-9-5-42(40-74)6-10-44)66-38-52(20-32-60(66)72)46-13-25-54(76-2)26-14-46;1-30-22-10-6-19(7-11-22)21-9-13-24(28)26(15-21)31-25-14-20(8-12-23(25)27)18-4-2-17(16-29)3-5-18;17-13-8-4-10-2-6-12-14(18)7-3-9-1-5-11(13)16(10)15(9)12/h3-38H;2-15,31H;1-8H. The Morgan fingerprint density at radius 1 is 0.236 bits per heavy atom. The summed E-state index contributed by atoms with van der Waals surface area (Å²) < 4.78 is 99.3. The van der Waals surface area contributed by atoms with E-state index in [9.17, 15) is 19.3 Å². The van der Waals surface area contributed by atoms with Crippen LogP contribution in [0.4, 0.5) is 88.9 Å². The fourth-order valence-electron chi connectivity index (χ4n) is 16.3. The van der Waals surface area contributed by atoms with Gasteiger partial charge in [0, 0.05) is 19.7 Å². The van der Waals surface area contributed by atoms with Gasteiger partial charge >= 0.3 is 0 Å². The van der Waals surface area contributed by atoms with Gasteiger partial charge in [0.15, 0.2) is 17.1 Å². The van der Waals surface area contributed by atoms with Crippen molar-refractivity contribution in [2.75, 3.05) is 15.1 Å². The van der Waals surface area contributed by atoms with E-state index < -0.39 is 34.9 Å². The van der Waals surface area contributed by atoms with E-state index in [1.54, 1.807) is 228 Å². The molecule has 0 atom stereocenters. The lowest BCUT2D eigenvalue weighted by molar-refractivity contribution is 0.619. The highest BCUT2D eigenvalue weighted by atomic mass is 79.9. The van der Waals surface area contributed by atoms with E-state index in [0.29, 0.717) is 100 Å². The second-order valence-electron chi connectivity index (χ2n) is 30.0. The van der Waals surface area contributed by atoms with Gasteiger partial charge in [0.1, 0.15) is 34.9 Å². The Labute approximate surface area is 742 Å². The summed E-state index contributed by atoms with van der Waals surface area (Å²) in [7, 11) is 0. The molecule has 0 saturated carbocycles. The van der Waals surface area contributed by atoms with E-state index in [1.165, 1.54) is 68.7 Å². The summed E-state index contributed by atoms with van der Waals surface area (Å²) in [6.07, 6.45) is 0. The number of nitriles is 3. The molecule has 0 aliphatic heterocycles. The van der Waals surface area contributed by atoms with Crippen LogP contribution in [0, 0.1) is 88.6 Å². The molecule has 9 nitrogen and oxygen atoms in total. The number of nitrogens with one attached hydrogen (secondary N) is 1. The Hall–Kier alpha value is -16.6. The molecule has 0 aromatic heterocycles. The summed E-state index contributed by atoms with van der Waals surface area (Å²) in [5, 5.41) is 43.0.